The molecule has 0 spiro atoms. The molecule has 2 aliphatic rings. The zero-order valence-corrected chi connectivity index (χ0v) is 18.9. The van der Waals surface area contributed by atoms with E-state index in [9.17, 15) is 0 Å². The largest absolute Gasteiger partial charge is 0.398 e. The van der Waals surface area contributed by atoms with Crippen molar-refractivity contribution in [1.82, 2.24) is 0 Å². The average molecular weight is 408 g/mol. The van der Waals surface area contributed by atoms with Gasteiger partial charge in [0.1, 0.15) is 0 Å². The molecule has 5 rings (SSSR count). The SMILES string of the molecule is C=C1c2cc(C)ccc2Cc2c(C)c(Cc3ccc(C4CCCCC4)cc3)cc(N)c21. The standard InChI is InChI=1S/C30H33N/c1-19-9-12-25-17-28-20(2)26(18-29(31)30(28)21(3)27(25)15-19)16-22-10-13-24(14-11-22)23-7-5-4-6-8-23/h9-15,18,23H,3-8,16-17,31H2,1-2H3. The Labute approximate surface area is 187 Å². The molecule has 1 saturated carbocycles. The average Bonchev–Trinajstić information content (AvgIpc) is 2.78. The van der Waals surface area contributed by atoms with Gasteiger partial charge < -0.3 is 5.73 Å². The molecule has 0 heterocycles. The Balaban J connectivity index is 1.44. The van der Waals surface area contributed by atoms with Crippen LogP contribution in [0.2, 0.25) is 0 Å². The van der Waals surface area contributed by atoms with Crippen LogP contribution in [-0.4, -0.2) is 0 Å². The molecule has 0 bridgehead atoms. The van der Waals surface area contributed by atoms with E-state index in [1.807, 2.05) is 0 Å². The van der Waals surface area contributed by atoms with Crippen LogP contribution >= 0.6 is 0 Å². The molecule has 2 N–H and O–H groups in total. The summed E-state index contributed by atoms with van der Waals surface area (Å²) in [5, 5.41) is 0. The molecule has 0 radical (unpaired) electrons. The van der Waals surface area contributed by atoms with E-state index >= 15 is 0 Å². The molecular weight excluding hydrogens is 374 g/mol. The van der Waals surface area contributed by atoms with Crippen molar-refractivity contribution in [2.45, 2.75) is 64.7 Å². The predicted octanol–water partition coefficient (Wildman–Crippen LogP) is 7.49. The highest BCUT2D eigenvalue weighted by atomic mass is 14.6. The molecule has 158 valence electrons. The van der Waals surface area contributed by atoms with Crippen LogP contribution in [0.15, 0.2) is 55.1 Å². The van der Waals surface area contributed by atoms with Gasteiger partial charge in [0.25, 0.3) is 0 Å². The van der Waals surface area contributed by atoms with Crippen molar-refractivity contribution in [3.63, 3.8) is 0 Å². The molecule has 0 saturated heterocycles. The molecule has 3 aromatic rings. The third kappa shape index (κ3) is 3.71. The van der Waals surface area contributed by atoms with Crippen molar-refractivity contribution in [3.8, 4) is 0 Å². The number of nitrogen functional groups attached to an aromatic ring is 1. The summed E-state index contributed by atoms with van der Waals surface area (Å²) in [7, 11) is 0. The van der Waals surface area contributed by atoms with Gasteiger partial charge in [0.05, 0.1) is 0 Å². The van der Waals surface area contributed by atoms with Crippen LogP contribution < -0.4 is 5.73 Å². The molecule has 3 aromatic carbocycles. The van der Waals surface area contributed by atoms with Gasteiger partial charge in [-0.3, -0.25) is 0 Å². The first kappa shape index (κ1) is 20.1. The smallest absolute Gasteiger partial charge is 0.0399 e. The van der Waals surface area contributed by atoms with Crippen LogP contribution in [0.3, 0.4) is 0 Å². The molecule has 0 unspecified atom stereocenters. The maximum absolute atomic E-state index is 6.61. The summed E-state index contributed by atoms with van der Waals surface area (Å²) in [6, 6.07) is 18.3. The van der Waals surface area contributed by atoms with Crippen LogP contribution in [-0.2, 0) is 12.8 Å². The third-order valence-electron chi connectivity index (χ3n) is 7.56. The van der Waals surface area contributed by atoms with Crippen LogP contribution in [0.5, 0.6) is 0 Å². The summed E-state index contributed by atoms with van der Waals surface area (Å²) in [6.07, 6.45) is 8.75. The predicted molar refractivity (Wildman–Crippen MR) is 133 cm³/mol. The van der Waals surface area contributed by atoms with Gasteiger partial charge in [0, 0.05) is 11.3 Å². The molecule has 1 fully saturated rings. The molecule has 0 amide bonds. The Hall–Kier alpha value is -2.80. The van der Waals surface area contributed by atoms with Crippen molar-refractivity contribution < 1.29 is 0 Å². The highest BCUT2D eigenvalue weighted by molar-refractivity contribution is 5.90. The fourth-order valence-electron chi connectivity index (χ4n) is 5.70. The van der Waals surface area contributed by atoms with Gasteiger partial charge in [-0.05, 0) is 96.0 Å². The van der Waals surface area contributed by atoms with E-state index in [1.54, 1.807) is 0 Å². The highest BCUT2D eigenvalue weighted by Gasteiger charge is 2.24. The minimum absolute atomic E-state index is 0.763. The lowest BCUT2D eigenvalue weighted by molar-refractivity contribution is 0.443. The van der Waals surface area contributed by atoms with Gasteiger partial charge in [-0.1, -0.05) is 73.9 Å². The quantitative estimate of drug-likeness (QED) is 0.350. The number of hydrogen-bond acceptors (Lipinski definition) is 1. The van der Waals surface area contributed by atoms with Gasteiger partial charge in [0.2, 0.25) is 0 Å². The summed E-state index contributed by atoms with van der Waals surface area (Å²) < 4.78 is 0. The van der Waals surface area contributed by atoms with E-state index in [4.69, 9.17) is 5.73 Å². The van der Waals surface area contributed by atoms with Crippen LogP contribution in [0.4, 0.5) is 5.69 Å². The van der Waals surface area contributed by atoms with Crippen molar-refractivity contribution in [1.29, 1.82) is 0 Å². The second kappa shape index (κ2) is 8.04. The molecule has 0 aromatic heterocycles. The fraction of sp³-hybridized carbons (Fsp3) is 0.333. The lowest BCUT2D eigenvalue weighted by Crippen LogP contribution is -2.13. The lowest BCUT2D eigenvalue weighted by Gasteiger charge is -2.27. The molecular formula is C30H33N. The maximum Gasteiger partial charge on any atom is 0.0399 e. The summed E-state index contributed by atoms with van der Waals surface area (Å²) in [4.78, 5) is 0. The second-order valence-electron chi connectivity index (χ2n) is 9.67. The van der Waals surface area contributed by atoms with Crippen molar-refractivity contribution >= 4 is 11.3 Å². The minimum Gasteiger partial charge on any atom is -0.398 e. The minimum atomic E-state index is 0.763. The summed E-state index contributed by atoms with van der Waals surface area (Å²) in [6.45, 7) is 8.83. The van der Waals surface area contributed by atoms with Crippen LogP contribution in [0, 0.1) is 13.8 Å². The Kier molecular flexibility index (Phi) is 5.22. The van der Waals surface area contributed by atoms with Crippen molar-refractivity contribution in [2.75, 3.05) is 5.73 Å². The Bertz CT molecular complexity index is 1140. The van der Waals surface area contributed by atoms with Gasteiger partial charge in [0.15, 0.2) is 0 Å². The number of benzene rings is 3. The summed E-state index contributed by atoms with van der Waals surface area (Å²) >= 11 is 0. The topological polar surface area (TPSA) is 26.0 Å². The molecule has 31 heavy (non-hydrogen) atoms. The first-order valence-corrected chi connectivity index (χ1v) is 11.8. The van der Waals surface area contributed by atoms with E-state index in [0.717, 1.165) is 35.6 Å². The molecule has 0 atom stereocenters. The zero-order valence-electron chi connectivity index (χ0n) is 18.9. The third-order valence-corrected chi connectivity index (χ3v) is 7.56. The first-order valence-electron chi connectivity index (χ1n) is 11.8. The Morgan fingerprint density at radius 3 is 2.42 bits per heavy atom. The Morgan fingerprint density at radius 2 is 1.68 bits per heavy atom. The normalized spacial score (nSPS) is 16.1. The van der Waals surface area contributed by atoms with Gasteiger partial charge in [-0.25, -0.2) is 0 Å². The number of anilines is 1. The zero-order chi connectivity index (χ0) is 21.5. The second-order valence-corrected chi connectivity index (χ2v) is 9.67. The fourth-order valence-corrected chi connectivity index (χ4v) is 5.70. The molecule has 1 nitrogen and oxygen atoms in total. The van der Waals surface area contributed by atoms with Crippen LogP contribution in [0.1, 0.15) is 88.1 Å². The first-order chi connectivity index (χ1) is 15.0. The monoisotopic (exact) mass is 407 g/mol. The lowest BCUT2D eigenvalue weighted by atomic mass is 9.78. The van der Waals surface area contributed by atoms with E-state index in [1.165, 1.54) is 76.6 Å². The van der Waals surface area contributed by atoms with Crippen LogP contribution in [0.25, 0.3) is 5.57 Å². The van der Waals surface area contributed by atoms with E-state index < -0.39 is 0 Å². The van der Waals surface area contributed by atoms with Gasteiger partial charge >= 0.3 is 0 Å². The van der Waals surface area contributed by atoms with E-state index in [2.05, 4.69) is 69.0 Å². The molecule has 0 aliphatic heterocycles. The highest BCUT2D eigenvalue weighted by Crippen LogP contribution is 2.41. The molecule has 2 aliphatic carbocycles. The van der Waals surface area contributed by atoms with Gasteiger partial charge in [-0.15, -0.1) is 0 Å². The molecule has 1 heteroatoms. The summed E-state index contributed by atoms with van der Waals surface area (Å²) in [5.41, 5.74) is 20.5. The van der Waals surface area contributed by atoms with E-state index in [-0.39, 0.29) is 0 Å². The maximum atomic E-state index is 6.61. The number of nitrogens with two attached hydrogens (primary N) is 1. The van der Waals surface area contributed by atoms with E-state index in [0.29, 0.717) is 0 Å². The number of rotatable bonds is 3. The number of hydrogen-bond donors (Lipinski definition) is 1. The van der Waals surface area contributed by atoms with Crippen molar-refractivity contribution in [2.24, 2.45) is 0 Å². The summed E-state index contributed by atoms with van der Waals surface area (Å²) in [5.74, 6) is 0.763. The van der Waals surface area contributed by atoms with Gasteiger partial charge in [-0.2, -0.15) is 0 Å². The number of aryl methyl sites for hydroxylation is 1. The Morgan fingerprint density at radius 1 is 0.935 bits per heavy atom. The van der Waals surface area contributed by atoms with Crippen molar-refractivity contribution in [3.05, 3.63) is 105 Å². The number of fused-ring (bicyclic) bond motifs is 2.